The number of nitrogens with two attached hydrogens (primary N) is 1. The molecule has 0 fully saturated rings. The van der Waals surface area contributed by atoms with Crippen molar-refractivity contribution in [3.63, 3.8) is 0 Å². The Bertz CT molecular complexity index is 872. The monoisotopic (exact) mass is 372 g/mol. The molecule has 1 aromatic carbocycles. The summed E-state index contributed by atoms with van der Waals surface area (Å²) in [5, 5.41) is 10.9. The molecule has 0 aliphatic carbocycles. The number of nitrogens with zero attached hydrogens (tertiary/aromatic N) is 1. The molecule has 7 nitrogen and oxygen atoms in total. The van der Waals surface area contributed by atoms with Crippen LogP contribution in [0.15, 0.2) is 30.5 Å². The molecule has 1 aromatic heterocycles. The van der Waals surface area contributed by atoms with Crippen molar-refractivity contribution in [2.24, 2.45) is 5.73 Å². The Morgan fingerprint density at radius 1 is 1.46 bits per heavy atom. The Morgan fingerprint density at radius 2 is 2.17 bits per heavy atom. The van der Waals surface area contributed by atoms with Gasteiger partial charge in [0.2, 0.25) is 0 Å². The quantitative estimate of drug-likeness (QED) is 0.574. The van der Waals surface area contributed by atoms with E-state index in [2.05, 4.69) is 5.32 Å². The lowest BCUT2D eigenvalue weighted by atomic mass is 10.1. The number of nitrogens with one attached hydrogen (secondary N) is 2. The smallest absolute Gasteiger partial charge is 0.252 e. The highest BCUT2D eigenvalue weighted by Crippen LogP contribution is 2.19. The minimum Gasteiger partial charge on any atom is -0.371 e. The fraction of sp³-hybridized carbons (Fsp3) is 0.143. The highest BCUT2D eigenvalue weighted by atomic mass is 35.5. The number of carbonyl (C=O) groups excluding carboxylic acids is 1. The maximum Gasteiger partial charge on any atom is 0.252 e. The molecule has 1 heterocycles. The third-order valence-electron chi connectivity index (χ3n) is 3.16. The lowest BCUT2D eigenvalue weighted by Crippen LogP contribution is -2.30. The molecule has 24 heavy (non-hydrogen) atoms. The van der Waals surface area contributed by atoms with Crippen molar-refractivity contribution in [2.75, 3.05) is 11.2 Å². The summed E-state index contributed by atoms with van der Waals surface area (Å²) in [6.45, 7) is 0.0117. The van der Waals surface area contributed by atoms with E-state index in [1.807, 2.05) is 0 Å². The molecule has 128 valence electrons. The third kappa shape index (κ3) is 4.40. The SMILES string of the molecule is N=c1c(C(N)=O)cc(Cl)cn1Cc1cc(F)ccc1NCS(=O)O. The van der Waals surface area contributed by atoms with Crippen LogP contribution in [0.3, 0.4) is 0 Å². The van der Waals surface area contributed by atoms with Gasteiger partial charge in [-0.3, -0.25) is 10.2 Å². The molecule has 5 N–H and O–H groups in total. The second kappa shape index (κ2) is 7.56. The third-order valence-corrected chi connectivity index (χ3v) is 3.76. The Labute approximate surface area is 144 Å². The van der Waals surface area contributed by atoms with Crippen LogP contribution in [-0.4, -0.2) is 25.1 Å². The predicted octanol–water partition coefficient (Wildman–Crippen LogP) is 1.50. The van der Waals surface area contributed by atoms with Crippen LogP contribution in [-0.2, 0) is 17.6 Å². The van der Waals surface area contributed by atoms with Gasteiger partial charge in [0.15, 0.2) is 11.1 Å². The van der Waals surface area contributed by atoms with Gasteiger partial charge in [-0.15, -0.1) is 0 Å². The summed E-state index contributed by atoms with van der Waals surface area (Å²) < 4.78 is 34.5. The lowest BCUT2D eigenvalue weighted by Gasteiger charge is -2.14. The normalized spacial score (nSPS) is 12.0. The second-order valence-corrected chi connectivity index (χ2v) is 6.22. The van der Waals surface area contributed by atoms with Crippen LogP contribution in [0, 0.1) is 11.2 Å². The second-order valence-electron chi connectivity index (χ2n) is 4.86. The minimum absolute atomic E-state index is 0.0117. The van der Waals surface area contributed by atoms with Crippen LogP contribution in [0.2, 0.25) is 5.02 Å². The number of pyridine rings is 1. The van der Waals surface area contributed by atoms with E-state index in [-0.39, 0.29) is 28.5 Å². The lowest BCUT2D eigenvalue weighted by molar-refractivity contribution is 0.0997. The van der Waals surface area contributed by atoms with Crippen LogP contribution in [0.25, 0.3) is 0 Å². The molecule has 1 atom stereocenters. The molecular weight excluding hydrogens is 359 g/mol. The van der Waals surface area contributed by atoms with Crippen molar-refractivity contribution in [1.82, 2.24) is 4.57 Å². The minimum atomic E-state index is -2.08. The van der Waals surface area contributed by atoms with Crippen LogP contribution < -0.4 is 16.5 Å². The van der Waals surface area contributed by atoms with Gasteiger partial charge in [0, 0.05) is 11.9 Å². The fourth-order valence-electron chi connectivity index (χ4n) is 2.11. The van der Waals surface area contributed by atoms with Gasteiger partial charge in [0.05, 0.1) is 17.1 Å². The number of hydrogen-bond acceptors (Lipinski definition) is 4. The summed E-state index contributed by atoms with van der Waals surface area (Å²) in [6.07, 6.45) is 1.41. The average Bonchev–Trinajstić information content (AvgIpc) is 2.49. The molecule has 0 saturated carbocycles. The summed E-state index contributed by atoms with van der Waals surface area (Å²) in [7, 11) is 0. The summed E-state index contributed by atoms with van der Waals surface area (Å²) in [5.74, 6) is -1.55. The number of halogens is 2. The Kier molecular flexibility index (Phi) is 5.71. The molecule has 0 aliphatic rings. The summed E-state index contributed by atoms with van der Waals surface area (Å²) in [5.41, 5.74) is 5.81. The summed E-state index contributed by atoms with van der Waals surface area (Å²) in [6, 6.07) is 5.12. The first-order chi connectivity index (χ1) is 11.3. The Hall–Kier alpha value is -2.23. The molecule has 0 saturated heterocycles. The van der Waals surface area contributed by atoms with Gasteiger partial charge in [-0.25, -0.2) is 8.60 Å². The van der Waals surface area contributed by atoms with E-state index < -0.39 is 22.8 Å². The number of primary amides is 1. The zero-order valence-electron chi connectivity index (χ0n) is 12.3. The number of aromatic nitrogens is 1. The van der Waals surface area contributed by atoms with Gasteiger partial charge in [0.25, 0.3) is 5.91 Å². The van der Waals surface area contributed by atoms with E-state index in [0.29, 0.717) is 11.3 Å². The van der Waals surface area contributed by atoms with Crippen LogP contribution in [0.4, 0.5) is 10.1 Å². The highest BCUT2D eigenvalue weighted by Gasteiger charge is 2.11. The van der Waals surface area contributed by atoms with Crippen LogP contribution in [0.5, 0.6) is 0 Å². The van der Waals surface area contributed by atoms with Crippen molar-refractivity contribution in [1.29, 1.82) is 5.41 Å². The fourth-order valence-corrected chi connectivity index (χ4v) is 2.62. The van der Waals surface area contributed by atoms with E-state index >= 15 is 0 Å². The topological polar surface area (TPSA) is 121 Å². The molecule has 10 heteroatoms. The standard InChI is InChI=1S/C14H14ClFN4O3S/c15-9-4-11(14(18)21)13(17)20(6-9)5-8-3-10(16)1-2-12(8)19-7-24(22)23/h1-4,6,17,19H,5,7H2,(H2,18,21)(H,22,23). The first kappa shape index (κ1) is 18.1. The van der Waals surface area contributed by atoms with Crippen LogP contribution in [0.1, 0.15) is 15.9 Å². The van der Waals surface area contributed by atoms with E-state index in [9.17, 15) is 13.4 Å². The predicted molar refractivity (Wildman–Crippen MR) is 88.6 cm³/mol. The van der Waals surface area contributed by atoms with Crippen molar-refractivity contribution >= 4 is 34.3 Å². The summed E-state index contributed by atoms with van der Waals surface area (Å²) in [4.78, 5) is 11.4. The summed E-state index contributed by atoms with van der Waals surface area (Å²) >= 11 is 3.86. The molecule has 0 radical (unpaired) electrons. The number of anilines is 1. The van der Waals surface area contributed by atoms with Crippen molar-refractivity contribution in [3.8, 4) is 0 Å². The number of benzene rings is 1. The first-order valence-electron chi connectivity index (χ1n) is 6.62. The molecule has 1 unspecified atom stereocenters. The van der Waals surface area contributed by atoms with Gasteiger partial charge in [0.1, 0.15) is 17.2 Å². The number of hydrogen-bond donors (Lipinski definition) is 4. The maximum absolute atomic E-state index is 13.5. The van der Waals surface area contributed by atoms with Gasteiger partial charge in [-0.2, -0.15) is 0 Å². The largest absolute Gasteiger partial charge is 0.371 e. The molecule has 2 rings (SSSR count). The number of carbonyl (C=O) groups is 1. The Morgan fingerprint density at radius 3 is 2.79 bits per heavy atom. The number of rotatable bonds is 6. The Balaban J connectivity index is 2.44. The maximum atomic E-state index is 13.5. The molecular formula is C14H14ClFN4O3S. The van der Waals surface area contributed by atoms with Crippen molar-refractivity contribution in [2.45, 2.75) is 6.54 Å². The van der Waals surface area contributed by atoms with Crippen molar-refractivity contribution in [3.05, 3.63) is 57.9 Å². The molecule has 0 aliphatic heterocycles. The van der Waals surface area contributed by atoms with E-state index in [4.69, 9.17) is 27.3 Å². The zero-order chi connectivity index (χ0) is 17.9. The highest BCUT2D eigenvalue weighted by molar-refractivity contribution is 7.79. The molecule has 0 bridgehead atoms. The average molecular weight is 373 g/mol. The van der Waals surface area contributed by atoms with Gasteiger partial charge in [-0.1, -0.05) is 11.6 Å². The van der Waals surface area contributed by atoms with Crippen molar-refractivity contribution < 1.29 is 17.9 Å². The zero-order valence-corrected chi connectivity index (χ0v) is 13.8. The van der Waals surface area contributed by atoms with E-state index in [0.717, 1.165) is 0 Å². The number of amides is 1. The van der Waals surface area contributed by atoms with Gasteiger partial charge >= 0.3 is 0 Å². The van der Waals surface area contributed by atoms with E-state index in [1.165, 1.54) is 35.0 Å². The van der Waals surface area contributed by atoms with Crippen LogP contribution >= 0.6 is 11.6 Å². The van der Waals surface area contributed by atoms with E-state index in [1.54, 1.807) is 0 Å². The molecule has 1 amide bonds. The van der Waals surface area contributed by atoms with Gasteiger partial charge in [-0.05, 0) is 29.8 Å². The molecule has 0 spiro atoms. The van der Waals surface area contributed by atoms with Gasteiger partial charge < -0.3 is 20.2 Å². The molecule has 2 aromatic rings. The first-order valence-corrected chi connectivity index (χ1v) is 8.27.